The summed E-state index contributed by atoms with van der Waals surface area (Å²) in [5.74, 6) is -0.912. The van der Waals surface area contributed by atoms with Crippen LogP contribution in [0.2, 0.25) is 0 Å². The highest BCUT2D eigenvalue weighted by molar-refractivity contribution is 9.10. The Balaban J connectivity index is 1.74. The SMILES string of the molecule is O=C(O)c1ccccc1CCC(=O)N1CCCc2cc(Br)ccc21. The summed E-state index contributed by atoms with van der Waals surface area (Å²) < 4.78 is 1.02. The van der Waals surface area contributed by atoms with Crippen molar-refractivity contribution in [3.63, 3.8) is 0 Å². The summed E-state index contributed by atoms with van der Waals surface area (Å²) >= 11 is 3.47. The van der Waals surface area contributed by atoms with Crippen LogP contribution in [0.4, 0.5) is 5.69 Å². The first-order chi connectivity index (χ1) is 11.6. The molecular weight excluding hydrogens is 370 g/mol. The fourth-order valence-corrected chi connectivity index (χ4v) is 3.56. The molecule has 1 amide bonds. The highest BCUT2D eigenvalue weighted by Gasteiger charge is 2.22. The van der Waals surface area contributed by atoms with E-state index in [1.807, 2.05) is 17.0 Å². The van der Waals surface area contributed by atoms with Crippen molar-refractivity contribution in [1.82, 2.24) is 0 Å². The summed E-state index contributed by atoms with van der Waals surface area (Å²) in [6.45, 7) is 0.716. The van der Waals surface area contributed by atoms with Gasteiger partial charge >= 0.3 is 5.97 Å². The lowest BCUT2D eigenvalue weighted by molar-refractivity contribution is -0.118. The molecule has 1 N–H and O–H groups in total. The topological polar surface area (TPSA) is 57.6 Å². The van der Waals surface area contributed by atoms with Crippen molar-refractivity contribution in [1.29, 1.82) is 0 Å². The van der Waals surface area contributed by atoms with E-state index >= 15 is 0 Å². The van der Waals surface area contributed by atoms with Gasteiger partial charge in [0.1, 0.15) is 0 Å². The van der Waals surface area contributed by atoms with Crippen molar-refractivity contribution in [2.45, 2.75) is 25.7 Å². The number of nitrogens with zero attached hydrogens (tertiary/aromatic N) is 1. The van der Waals surface area contributed by atoms with Gasteiger partial charge in [0.05, 0.1) is 5.56 Å². The number of carboxylic acid groups (broad SMARTS) is 1. The smallest absolute Gasteiger partial charge is 0.335 e. The molecule has 0 spiro atoms. The van der Waals surface area contributed by atoms with Crippen LogP contribution in [0.15, 0.2) is 46.9 Å². The zero-order valence-electron chi connectivity index (χ0n) is 13.2. The standard InChI is InChI=1S/C19H18BrNO3/c20-15-8-9-17-14(12-15)5-3-11-21(17)18(22)10-7-13-4-1-2-6-16(13)19(23)24/h1-2,4,6,8-9,12H,3,5,7,10-11H2,(H,23,24). The molecule has 124 valence electrons. The van der Waals surface area contributed by atoms with Crippen molar-refractivity contribution in [2.75, 3.05) is 11.4 Å². The van der Waals surface area contributed by atoms with Gasteiger partial charge in [0.15, 0.2) is 0 Å². The predicted octanol–water partition coefficient (Wildman–Crippen LogP) is 4.06. The van der Waals surface area contributed by atoms with Crippen LogP contribution in [0, 0.1) is 0 Å². The summed E-state index contributed by atoms with van der Waals surface area (Å²) in [5, 5.41) is 9.24. The fraction of sp³-hybridized carbons (Fsp3) is 0.263. The first-order valence-corrected chi connectivity index (χ1v) is 8.75. The highest BCUT2D eigenvalue weighted by atomic mass is 79.9. The molecule has 2 aromatic rings. The normalized spacial score (nSPS) is 13.5. The number of hydrogen-bond donors (Lipinski definition) is 1. The van der Waals surface area contributed by atoms with Gasteiger partial charge in [0.25, 0.3) is 0 Å². The number of rotatable bonds is 4. The lowest BCUT2D eigenvalue weighted by Crippen LogP contribution is -2.35. The van der Waals surface area contributed by atoms with Gasteiger partial charge in [-0.2, -0.15) is 0 Å². The van der Waals surface area contributed by atoms with Crippen LogP contribution in [0.1, 0.15) is 34.3 Å². The Morgan fingerprint density at radius 1 is 1.17 bits per heavy atom. The van der Waals surface area contributed by atoms with E-state index in [0.29, 0.717) is 24.9 Å². The minimum Gasteiger partial charge on any atom is -0.478 e. The van der Waals surface area contributed by atoms with Crippen molar-refractivity contribution in [3.05, 3.63) is 63.6 Å². The number of halogens is 1. The number of carbonyl (C=O) groups is 2. The molecule has 0 aromatic heterocycles. The minimum atomic E-state index is -0.953. The van der Waals surface area contributed by atoms with Crippen LogP contribution in [0.5, 0.6) is 0 Å². The average Bonchev–Trinajstić information content (AvgIpc) is 2.59. The predicted molar refractivity (Wildman–Crippen MR) is 96.5 cm³/mol. The quantitative estimate of drug-likeness (QED) is 0.860. The van der Waals surface area contributed by atoms with Gasteiger partial charge in [0.2, 0.25) is 5.91 Å². The molecular formula is C19H18BrNO3. The molecule has 1 heterocycles. The lowest BCUT2D eigenvalue weighted by Gasteiger charge is -2.29. The summed E-state index contributed by atoms with van der Waals surface area (Å²) in [5.41, 5.74) is 3.12. The van der Waals surface area contributed by atoms with Gasteiger partial charge in [-0.1, -0.05) is 34.1 Å². The third-order valence-electron chi connectivity index (χ3n) is 4.32. The number of aryl methyl sites for hydroxylation is 2. The monoisotopic (exact) mass is 387 g/mol. The first kappa shape index (κ1) is 16.7. The van der Waals surface area contributed by atoms with E-state index in [1.54, 1.807) is 24.3 Å². The van der Waals surface area contributed by atoms with E-state index in [2.05, 4.69) is 22.0 Å². The molecule has 1 aliphatic rings. The number of benzene rings is 2. The molecule has 5 heteroatoms. The maximum absolute atomic E-state index is 12.7. The molecule has 0 atom stereocenters. The molecule has 4 nitrogen and oxygen atoms in total. The van der Waals surface area contributed by atoms with Gasteiger partial charge < -0.3 is 10.0 Å². The number of aromatic carboxylic acids is 1. The largest absolute Gasteiger partial charge is 0.478 e. The van der Waals surface area contributed by atoms with E-state index in [9.17, 15) is 14.7 Å². The number of carboxylic acids is 1. The molecule has 2 aromatic carbocycles. The molecule has 24 heavy (non-hydrogen) atoms. The number of hydrogen-bond acceptors (Lipinski definition) is 2. The van der Waals surface area contributed by atoms with E-state index in [0.717, 1.165) is 23.0 Å². The molecule has 3 rings (SSSR count). The second kappa shape index (κ2) is 7.18. The zero-order chi connectivity index (χ0) is 17.1. The second-order valence-corrected chi connectivity index (χ2v) is 6.80. The van der Waals surface area contributed by atoms with Crippen molar-refractivity contribution >= 4 is 33.5 Å². The number of carbonyl (C=O) groups excluding carboxylic acids is 1. The van der Waals surface area contributed by atoms with Gasteiger partial charge in [-0.3, -0.25) is 4.79 Å². The van der Waals surface area contributed by atoms with Gasteiger partial charge in [-0.15, -0.1) is 0 Å². The molecule has 0 saturated carbocycles. The van der Waals surface area contributed by atoms with Crippen LogP contribution in [0.3, 0.4) is 0 Å². The van der Waals surface area contributed by atoms with Crippen LogP contribution < -0.4 is 4.90 Å². The highest BCUT2D eigenvalue weighted by Crippen LogP contribution is 2.30. The molecule has 0 saturated heterocycles. The molecule has 0 unspecified atom stereocenters. The Morgan fingerprint density at radius 3 is 2.75 bits per heavy atom. The van der Waals surface area contributed by atoms with Crippen LogP contribution in [-0.4, -0.2) is 23.5 Å². The molecule has 0 radical (unpaired) electrons. The Morgan fingerprint density at radius 2 is 1.96 bits per heavy atom. The van der Waals surface area contributed by atoms with Crippen LogP contribution in [0.25, 0.3) is 0 Å². The molecule has 1 aliphatic heterocycles. The number of fused-ring (bicyclic) bond motifs is 1. The van der Waals surface area contributed by atoms with Gasteiger partial charge in [0, 0.05) is 23.1 Å². The summed E-state index contributed by atoms with van der Waals surface area (Å²) in [4.78, 5) is 25.8. The molecule has 0 bridgehead atoms. The Hall–Kier alpha value is -2.14. The summed E-state index contributed by atoms with van der Waals surface area (Å²) in [6.07, 6.45) is 2.66. The average molecular weight is 388 g/mol. The fourth-order valence-electron chi connectivity index (χ4n) is 3.15. The van der Waals surface area contributed by atoms with Crippen LogP contribution in [-0.2, 0) is 17.6 Å². The lowest BCUT2D eigenvalue weighted by atomic mass is 9.99. The molecule has 0 fully saturated rings. The van der Waals surface area contributed by atoms with Crippen molar-refractivity contribution in [3.8, 4) is 0 Å². The van der Waals surface area contributed by atoms with E-state index < -0.39 is 5.97 Å². The first-order valence-electron chi connectivity index (χ1n) is 7.96. The molecule has 0 aliphatic carbocycles. The third kappa shape index (κ3) is 3.51. The summed E-state index contributed by atoms with van der Waals surface area (Å²) in [6, 6.07) is 12.8. The second-order valence-electron chi connectivity index (χ2n) is 5.88. The van der Waals surface area contributed by atoms with E-state index in [-0.39, 0.29) is 11.5 Å². The maximum atomic E-state index is 12.7. The van der Waals surface area contributed by atoms with Gasteiger partial charge in [-0.05, 0) is 54.7 Å². The number of amides is 1. The van der Waals surface area contributed by atoms with Crippen molar-refractivity contribution in [2.24, 2.45) is 0 Å². The third-order valence-corrected chi connectivity index (χ3v) is 4.81. The van der Waals surface area contributed by atoms with E-state index in [1.165, 1.54) is 5.56 Å². The number of anilines is 1. The Bertz CT molecular complexity index is 788. The zero-order valence-corrected chi connectivity index (χ0v) is 14.8. The van der Waals surface area contributed by atoms with Gasteiger partial charge in [-0.25, -0.2) is 4.79 Å². The summed E-state index contributed by atoms with van der Waals surface area (Å²) in [7, 11) is 0. The minimum absolute atomic E-state index is 0.0402. The Labute approximate surface area is 149 Å². The van der Waals surface area contributed by atoms with E-state index in [4.69, 9.17) is 0 Å². The Kier molecular flexibility index (Phi) is 5.00. The van der Waals surface area contributed by atoms with Crippen molar-refractivity contribution < 1.29 is 14.7 Å². The van der Waals surface area contributed by atoms with Crippen LogP contribution >= 0.6 is 15.9 Å². The maximum Gasteiger partial charge on any atom is 0.335 e.